The molecule has 3 rings (SSSR count). The monoisotopic (exact) mass is 335 g/mol. The summed E-state index contributed by atoms with van der Waals surface area (Å²) >= 11 is 5.80. The van der Waals surface area contributed by atoms with Crippen molar-refractivity contribution >= 4 is 23.2 Å². The van der Waals surface area contributed by atoms with Gasteiger partial charge in [0.1, 0.15) is 5.82 Å². The van der Waals surface area contributed by atoms with E-state index in [1.54, 1.807) is 18.2 Å². The molecule has 1 saturated heterocycles. The molecule has 0 spiro atoms. The Kier molecular flexibility index (Phi) is 4.34. The molecular weight excluding hydrogens is 321 g/mol. The third-order valence-corrected chi connectivity index (χ3v) is 4.12. The molecule has 5 nitrogen and oxygen atoms in total. The molecule has 1 aliphatic rings. The summed E-state index contributed by atoms with van der Waals surface area (Å²) in [6, 6.07) is 7.37. The Morgan fingerprint density at radius 2 is 2.17 bits per heavy atom. The average molecular weight is 336 g/mol. The molecule has 1 fully saturated rings. The van der Waals surface area contributed by atoms with E-state index in [9.17, 15) is 14.0 Å². The van der Waals surface area contributed by atoms with Gasteiger partial charge in [0.2, 0.25) is 5.56 Å². The van der Waals surface area contributed by atoms with Crippen LogP contribution in [0.2, 0.25) is 5.02 Å². The number of aromatic amines is 1. The quantitative estimate of drug-likeness (QED) is 0.903. The van der Waals surface area contributed by atoms with E-state index >= 15 is 0 Å². The van der Waals surface area contributed by atoms with E-state index in [0.29, 0.717) is 12.1 Å². The Hall–Kier alpha value is -2.34. The van der Waals surface area contributed by atoms with Gasteiger partial charge in [-0.2, -0.15) is 0 Å². The van der Waals surface area contributed by atoms with Crippen molar-refractivity contribution in [3.63, 3.8) is 0 Å². The largest absolute Gasteiger partial charge is 0.369 e. The summed E-state index contributed by atoms with van der Waals surface area (Å²) in [7, 11) is 0. The lowest BCUT2D eigenvalue weighted by Gasteiger charge is -2.19. The fourth-order valence-corrected chi connectivity index (χ4v) is 2.82. The van der Waals surface area contributed by atoms with E-state index in [4.69, 9.17) is 11.6 Å². The van der Waals surface area contributed by atoms with Crippen molar-refractivity contribution in [3.8, 4) is 0 Å². The summed E-state index contributed by atoms with van der Waals surface area (Å²) in [5.41, 5.74) is 0.841. The van der Waals surface area contributed by atoms with Crippen LogP contribution in [0, 0.1) is 5.82 Å². The van der Waals surface area contributed by atoms with Crippen LogP contribution >= 0.6 is 11.6 Å². The van der Waals surface area contributed by atoms with Crippen LogP contribution in [0.3, 0.4) is 0 Å². The Morgan fingerprint density at radius 3 is 2.91 bits per heavy atom. The number of carbonyl (C=O) groups is 1. The minimum Gasteiger partial charge on any atom is -0.369 e. The number of H-pyrrole nitrogens is 1. The van der Waals surface area contributed by atoms with E-state index in [1.807, 2.05) is 4.90 Å². The number of amides is 1. The molecule has 2 heterocycles. The Bertz CT molecular complexity index is 793. The number of halogens is 2. The molecule has 120 valence electrons. The fourth-order valence-electron chi connectivity index (χ4n) is 2.65. The Balaban J connectivity index is 1.64. The number of aromatic nitrogens is 1. The van der Waals surface area contributed by atoms with Crippen LogP contribution in [0.4, 0.5) is 10.1 Å². The van der Waals surface area contributed by atoms with Crippen LogP contribution in [-0.2, 0) is 0 Å². The zero-order valence-electron chi connectivity index (χ0n) is 12.2. The number of pyridine rings is 1. The molecule has 2 N–H and O–H groups in total. The van der Waals surface area contributed by atoms with Crippen LogP contribution in [0.1, 0.15) is 16.8 Å². The zero-order valence-corrected chi connectivity index (χ0v) is 12.9. The predicted molar refractivity (Wildman–Crippen MR) is 86.6 cm³/mol. The fraction of sp³-hybridized carbons (Fsp3) is 0.250. The highest BCUT2D eigenvalue weighted by Crippen LogP contribution is 2.25. The lowest BCUT2D eigenvalue weighted by Crippen LogP contribution is -2.37. The lowest BCUT2D eigenvalue weighted by molar-refractivity contribution is 0.0940. The highest BCUT2D eigenvalue weighted by molar-refractivity contribution is 6.31. The van der Waals surface area contributed by atoms with Crippen LogP contribution in [0.5, 0.6) is 0 Å². The summed E-state index contributed by atoms with van der Waals surface area (Å²) in [6.07, 6.45) is 2.21. The van der Waals surface area contributed by atoms with Gasteiger partial charge in [-0.15, -0.1) is 0 Å². The number of nitrogens with one attached hydrogen (secondary N) is 2. The first-order chi connectivity index (χ1) is 11.0. The molecule has 0 bridgehead atoms. The van der Waals surface area contributed by atoms with Crippen LogP contribution in [-0.4, -0.2) is 30.0 Å². The normalized spacial score (nSPS) is 17.3. The van der Waals surface area contributed by atoms with Crippen molar-refractivity contribution in [2.45, 2.75) is 12.5 Å². The van der Waals surface area contributed by atoms with E-state index in [2.05, 4.69) is 10.3 Å². The maximum absolute atomic E-state index is 13.2. The summed E-state index contributed by atoms with van der Waals surface area (Å²) in [5, 5.41) is 2.99. The third-order valence-electron chi connectivity index (χ3n) is 3.83. The number of rotatable bonds is 3. The number of hydrogen-bond acceptors (Lipinski definition) is 3. The summed E-state index contributed by atoms with van der Waals surface area (Å²) in [4.78, 5) is 27.9. The molecule has 1 unspecified atom stereocenters. The standard InChI is InChI=1S/C16H15ClFN3O2/c17-13-8-12(1-2-14(13)18)21-6-4-11(9-21)20-16(23)10-3-5-19-15(22)7-10/h1-3,5,7-8,11H,4,6,9H2,(H,19,22)(H,20,23). The predicted octanol–water partition coefficient (Wildman–Crippen LogP) is 2.18. The minimum atomic E-state index is -0.450. The lowest BCUT2D eigenvalue weighted by atomic mass is 10.2. The third kappa shape index (κ3) is 3.53. The van der Waals surface area contributed by atoms with Crippen molar-refractivity contribution in [2.24, 2.45) is 0 Å². The molecule has 23 heavy (non-hydrogen) atoms. The molecule has 1 aromatic carbocycles. The number of benzene rings is 1. The Morgan fingerprint density at radius 1 is 1.35 bits per heavy atom. The van der Waals surface area contributed by atoms with E-state index in [-0.39, 0.29) is 22.5 Å². The molecule has 0 radical (unpaired) electrons. The molecule has 1 amide bonds. The summed E-state index contributed by atoms with van der Waals surface area (Å²) in [6.45, 7) is 1.35. The van der Waals surface area contributed by atoms with Gasteiger partial charge in [-0.1, -0.05) is 11.6 Å². The van der Waals surface area contributed by atoms with Crippen molar-refractivity contribution in [1.29, 1.82) is 0 Å². The highest BCUT2D eigenvalue weighted by Gasteiger charge is 2.25. The Labute approximate surface area is 137 Å². The minimum absolute atomic E-state index is 0.0365. The number of anilines is 1. The molecule has 1 atom stereocenters. The van der Waals surface area contributed by atoms with Crippen LogP contribution in [0.25, 0.3) is 0 Å². The topological polar surface area (TPSA) is 65.2 Å². The maximum Gasteiger partial charge on any atom is 0.251 e. The van der Waals surface area contributed by atoms with Crippen molar-refractivity contribution in [2.75, 3.05) is 18.0 Å². The number of carbonyl (C=O) groups excluding carboxylic acids is 1. The zero-order chi connectivity index (χ0) is 16.4. The van der Waals surface area contributed by atoms with Crippen molar-refractivity contribution in [3.05, 3.63) is 63.3 Å². The first-order valence-corrected chi connectivity index (χ1v) is 7.60. The van der Waals surface area contributed by atoms with Gasteiger partial charge in [0.15, 0.2) is 0 Å². The van der Waals surface area contributed by atoms with Gasteiger partial charge in [0, 0.05) is 42.6 Å². The van der Waals surface area contributed by atoms with Gasteiger partial charge in [-0.25, -0.2) is 4.39 Å². The van der Waals surface area contributed by atoms with Gasteiger partial charge >= 0.3 is 0 Å². The van der Waals surface area contributed by atoms with Crippen molar-refractivity contribution in [1.82, 2.24) is 10.3 Å². The number of hydrogen-bond donors (Lipinski definition) is 2. The van der Waals surface area contributed by atoms with Gasteiger partial charge in [-0.05, 0) is 30.7 Å². The van der Waals surface area contributed by atoms with Gasteiger partial charge in [0.05, 0.1) is 5.02 Å². The molecule has 7 heteroatoms. The maximum atomic E-state index is 13.2. The summed E-state index contributed by atoms with van der Waals surface area (Å²) in [5.74, 6) is -0.728. The second-order valence-corrected chi connectivity index (χ2v) is 5.85. The molecule has 0 saturated carbocycles. The first-order valence-electron chi connectivity index (χ1n) is 7.22. The van der Waals surface area contributed by atoms with E-state index < -0.39 is 5.82 Å². The molecule has 1 aliphatic heterocycles. The second kappa shape index (κ2) is 6.42. The first kappa shape index (κ1) is 15.6. The molecular formula is C16H15ClFN3O2. The summed E-state index contributed by atoms with van der Waals surface area (Å²) < 4.78 is 13.2. The van der Waals surface area contributed by atoms with Crippen LogP contribution in [0.15, 0.2) is 41.3 Å². The van der Waals surface area contributed by atoms with E-state index in [1.165, 1.54) is 18.3 Å². The van der Waals surface area contributed by atoms with Gasteiger partial charge < -0.3 is 15.2 Å². The SMILES string of the molecule is O=C(NC1CCN(c2ccc(F)c(Cl)c2)C1)c1cc[nH]c(=O)c1. The highest BCUT2D eigenvalue weighted by atomic mass is 35.5. The van der Waals surface area contributed by atoms with Crippen LogP contribution < -0.4 is 15.8 Å². The number of nitrogens with zero attached hydrogens (tertiary/aromatic N) is 1. The van der Waals surface area contributed by atoms with Gasteiger partial charge in [-0.3, -0.25) is 9.59 Å². The smallest absolute Gasteiger partial charge is 0.251 e. The van der Waals surface area contributed by atoms with Crippen molar-refractivity contribution < 1.29 is 9.18 Å². The molecule has 2 aromatic rings. The second-order valence-electron chi connectivity index (χ2n) is 5.45. The van der Waals surface area contributed by atoms with E-state index in [0.717, 1.165) is 18.7 Å². The molecule has 0 aliphatic carbocycles. The molecule has 1 aromatic heterocycles. The van der Waals surface area contributed by atoms with Gasteiger partial charge in [0.25, 0.3) is 5.91 Å². The average Bonchev–Trinajstić information content (AvgIpc) is 2.98.